The van der Waals surface area contributed by atoms with Crippen LogP contribution in [-0.4, -0.2) is 49.4 Å². The Kier molecular flexibility index (Phi) is 4.74. The third-order valence-corrected chi connectivity index (χ3v) is 7.39. The molecule has 5 nitrogen and oxygen atoms in total. The van der Waals surface area contributed by atoms with Crippen molar-refractivity contribution in [3.8, 4) is 0 Å². The van der Waals surface area contributed by atoms with Crippen molar-refractivity contribution in [3.05, 3.63) is 64.7 Å². The molecule has 2 aromatic rings. The van der Waals surface area contributed by atoms with E-state index in [9.17, 15) is 13.2 Å². The standard InChI is InChI=1S/C20H21ClN2O3S/c1-14-4-2-3-5-15(14)10-22-11-20(24)23(17-8-6-16(21)7-9-17)19-13-27(25,26)12-18(19)22/h2-9,18-19H,10-13H2,1H3. The molecule has 0 aromatic heterocycles. The van der Waals surface area contributed by atoms with Crippen LogP contribution in [0.25, 0.3) is 0 Å². The summed E-state index contributed by atoms with van der Waals surface area (Å²) >= 11 is 5.96. The van der Waals surface area contributed by atoms with E-state index in [1.807, 2.05) is 36.1 Å². The average Bonchev–Trinajstić information content (AvgIpc) is 2.93. The first-order valence-corrected chi connectivity index (χ1v) is 11.1. The number of sulfone groups is 1. The number of aryl methyl sites for hydroxylation is 1. The van der Waals surface area contributed by atoms with Gasteiger partial charge in [-0.2, -0.15) is 0 Å². The number of hydrogen-bond acceptors (Lipinski definition) is 4. The van der Waals surface area contributed by atoms with Crippen LogP contribution in [0.1, 0.15) is 11.1 Å². The number of anilines is 1. The molecular formula is C20H21ClN2O3S. The van der Waals surface area contributed by atoms with Crippen molar-refractivity contribution in [1.29, 1.82) is 0 Å². The molecule has 0 aliphatic carbocycles. The fraction of sp³-hybridized carbons (Fsp3) is 0.350. The maximum atomic E-state index is 13.0. The van der Waals surface area contributed by atoms with Crippen LogP contribution in [0.15, 0.2) is 48.5 Å². The zero-order valence-electron chi connectivity index (χ0n) is 15.0. The van der Waals surface area contributed by atoms with Crippen LogP contribution in [0, 0.1) is 6.92 Å². The lowest BCUT2D eigenvalue weighted by molar-refractivity contribution is -0.123. The zero-order chi connectivity index (χ0) is 19.2. The van der Waals surface area contributed by atoms with E-state index >= 15 is 0 Å². The van der Waals surface area contributed by atoms with Crippen molar-refractivity contribution in [2.24, 2.45) is 0 Å². The SMILES string of the molecule is Cc1ccccc1CN1CC(=O)N(c2ccc(Cl)cc2)C2CS(=O)(=O)CC21. The van der Waals surface area contributed by atoms with E-state index in [1.54, 1.807) is 29.2 Å². The molecule has 2 aliphatic heterocycles. The number of hydrogen-bond donors (Lipinski definition) is 0. The van der Waals surface area contributed by atoms with E-state index in [-0.39, 0.29) is 36.0 Å². The van der Waals surface area contributed by atoms with Gasteiger partial charge in [-0.1, -0.05) is 35.9 Å². The molecule has 4 rings (SSSR count). The predicted molar refractivity (Wildman–Crippen MR) is 107 cm³/mol. The molecule has 2 unspecified atom stereocenters. The number of halogens is 1. The van der Waals surface area contributed by atoms with Gasteiger partial charge in [-0.25, -0.2) is 8.42 Å². The Bertz CT molecular complexity index is 975. The highest BCUT2D eigenvalue weighted by Crippen LogP contribution is 2.33. The Balaban J connectivity index is 1.68. The lowest BCUT2D eigenvalue weighted by Crippen LogP contribution is -2.61. The lowest BCUT2D eigenvalue weighted by atomic mass is 10.0. The van der Waals surface area contributed by atoms with Gasteiger partial charge in [-0.15, -0.1) is 0 Å². The first-order valence-electron chi connectivity index (χ1n) is 8.91. The maximum Gasteiger partial charge on any atom is 0.241 e. The van der Waals surface area contributed by atoms with Crippen LogP contribution >= 0.6 is 11.6 Å². The van der Waals surface area contributed by atoms with E-state index in [0.29, 0.717) is 17.3 Å². The first kappa shape index (κ1) is 18.5. The van der Waals surface area contributed by atoms with Crippen molar-refractivity contribution in [2.75, 3.05) is 23.0 Å². The molecule has 0 radical (unpaired) electrons. The van der Waals surface area contributed by atoms with Crippen LogP contribution in [0.5, 0.6) is 0 Å². The van der Waals surface area contributed by atoms with Gasteiger partial charge in [0.1, 0.15) is 0 Å². The normalized spacial score (nSPS) is 24.8. The molecule has 2 fully saturated rings. The fourth-order valence-electron chi connectivity index (χ4n) is 4.07. The van der Waals surface area contributed by atoms with Crippen LogP contribution in [-0.2, 0) is 21.2 Å². The van der Waals surface area contributed by atoms with Crippen LogP contribution in [0.2, 0.25) is 5.02 Å². The lowest BCUT2D eigenvalue weighted by Gasteiger charge is -2.43. The summed E-state index contributed by atoms with van der Waals surface area (Å²) in [5.41, 5.74) is 2.96. The Labute approximate surface area is 164 Å². The second-order valence-electron chi connectivity index (χ2n) is 7.28. The molecule has 1 amide bonds. The molecule has 2 atom stereocenters. The number of carbonyl (C=O) groups excluding carboxylic acids is 1. The summed E-state index contributed by atoms with van der Waals surface area (Å²) in [6, 6.07) is 14.4. The number of piperazine rings is 1. The van der Waals surface area contributed by atoms with Crippen molar-refractivity contribution in [1.82, 2.24) is 4.90 Å². The van der Waals surface area contributed by atoms with Gasteiger partial charge < -0.3 is 4.90 Å². The highest BCUT2D eigenvalue weighted by molar-refractivity contribution is 7.91. The summed E-state index contributed by atoms with van der Waals surface area (Å²) in [5.74, 6) is 0.00119. The van der Waals surface area contributed by atoms with Gasteiger partial charge in [-0.3, -0.25) is 9.69 Å². The quantitative estimate of drug-likeness (QED) is 0.789. The molecule has 2 saturated heterocycles. The molecule has 2 aliphatic rings. The van der Waals surface area contributed by atoms with Gasteiger partial charge in [0.2, 0.25) is 5.91 Å². The number of nitrogens with zero attached hydrogens (tertiary/aromatic N) is 2. The fourth-order valence-corrected chi connectivity index (χ4v) is 6.18. The minimum atomic E-state index is -3.20. The monoisotopic (exact) mass is 404 g/mol. The molecule has 142 valence electrons. The van der Waals surface area contributed by atoms with Crippen molar-refractivity contribution in [3.63, 3.8) is 0 Å². The highest BCUT2D eigenvalue weighted by atomic mass is 35.5. The minimum Gasteiger partial charge on any atom is -0.306 e. The Morgan fingerprint density at radius 2 is 1.70 bits per heavy atom. The Morgan fingerprint density at radius 1 is 1.04 bits per heavy atom. The van der Waals surface area contributed by atoms with Gasteiger partial charge in [0.05, 0.1) is 24.1 Å². The third-order valence-electron chi connectivity index (χ3n) is 5.44. The molecule has 7 heteroatoms. The predicted octanol–water partition coefficient (Wildman–Crippen LogP) is 2.66. The molecule has 0 N–H and O–H groups in total. The third kappa shape index (κ3) is 3.61. The van der Waals surface area contributed by atoms with Gasteiger partial charge in [0, 0.05) is 23.3 Å². The summed E-state index contributed by atoms with van der Waals surface area (Å²) in [6.07, 6.45) is 0. The van der Waals surface area contributed by atoms with Crippen LogP contribution in [0.4, 0.5) is 5.69 Å². The second-order valence-corrected chi connectivity index (χ2v) is 9.87. The highest BCUT2D eigenvalue weighted by Gasteiger charge is 2.49. The summed E-state index contributed by atoms with van der Waals surface area (Å²) in [6.45, 7) is 2.81. The number of benzene rings is 2. The maximum absolute atomic E-state index is 13.0. The molecule has 2 heterocycles. The van der Waals surface area contributed by atoms with E-state index in [4.69, 9.17) is 11.6 Å². The van der Waals surface area contributed by atoms with Gasteiger partial charge in [0.25, 0.3) is 0 Å². The molecular weight excluding hydrogens is 384 g/mol. The molecule has 0 bridgehead atoms. The van der Waals surface area contributed by atoms with Gasteiger partial charge >= 0.3 is 0 Å². The molecule has 0 spiro atoms. The first-order chi connectivity index (χ1) is 12.8. The van der Waals surface area contributed by atoms with Gasteiger partial charge in [-0.05, 0) is 42.3 Å². The summed E-state index contributed by atoms with van der Waals surface area (Å²) in [5, 5.41) is 0.583. The molecule has 2 aromatic carbocycles. The number of amides is 1. The Morgan fingerprint density at radius 3 is 2.41 bits per heavy atom. The van der Waals surface area contributed by atoms with E-state index in [0.717, 1.165) is 11.1 Å². The number of carbonyl (C=O) groups is 1. The second kappa shape index (κ2) is 6.93. The Hall–Kier alpha value is -1.89. The molecule has 0 saturated carbocycles. The van der Waals surface area contributed by atoms with Crippen molar-refractivity contribution >= 4 is 33.0 Å². The van der Waals surface area contributed by atoms with Gasteiger partial charge in [0.15, 0.2) is 9.84 Å². The van der Waals surface area contributed by atoms with E-state index in [1.165, 1.54) is 0 Å². The zero-order valence-corrected chi connectivity index (χ0v) is 16.6. The van der Waals surface area contributed by atoms with Crippen molar-refractivity contribution < 1.29 is 13.2 Å². The number of fused-ring (bicyclic) bond motifs is 1. The molecule has 27 heavy (non-hydrogen) atoms. The topological polar surface area (TPSA) is 57.7 Å². The smallest absolute Gasteiger partial charge is 0.241 e. The van der Waals surface area contributed by atoms with E-state index < -0.39 is 9.84 Å². The van der Waals surface area contributed by atoms with Crippen molar-refractivity contribution in [2.45, 2.75) is 25.6 Å². The van der Waals surface area contributed by atoms with Crippen LogP contribution in [0.3, 0.4) is 0 Å². The van der Waals surface area contributed by atoms with E-state index in [2.05, 4.69) is 0 Å². The summed E-state index contributed by atoms with van der Waals surface area (Å²) in [4.78, 5) is 16.6. The average molecular weight is 405 g/mol. The van der Waals surface area contributed by atoms with Crippen LogP contribution < -0.4 is 4.90 Å². The minimum absolute atomic E-state index is 0.00367. The largest absolute Gasteiger partial charge is 0.306 e. The number of rotatable bonds is 3. The summed E-state index contributed by atoms with van der Waals surface area (Å²) < 4.78 is 24.8. The summed E-state index contributed by atoms with van der Waals surface area (Å²) in [7, 11) is -3.20.